The van der Waals surface area contributed by atoms with Gasteiger partial charge in [-0.05, 0) is 87.7 Å². The van der Waals surface area contributed by atoms with Gasteiger partial charge < -0.3 is 15.0 Å². The summed E-state index contributed by atoms with van der Waals surface area (Å²) in [5, 5.41) is 8.49. The Bertz CT molecular complexity index is 1480. The van der Waals surface area contributed by atoms with Crippen LogP contribution in [0.4, 0.5) is 0 Å². The van der Waals surface area contributed by atoms with Gasteiger partial charge in [0.1, 0.15) is 17.4 Å². The summed E-state index contributed by atoms with van der Waals surface area (Å²) in [7, 11) is 0. The summed E-state index contributed by atoms with van der Waals surface area (Å²) in [5.74, 6) is 1.54. The molecule has 0 aliphatic heterocycles. The van der Waals surface area contributed by atoms with Crippen molar-refractivity contribution in [2.24, 2.45) is 11.3 Å². The number of carbonyl (C=O) groups excluding carboxylic acids is 1. The number of rotatable bonds is 8. The Kier molecular flexibility index (Phi) is 7.42. The van der Waals surface area contributed by atoms with E-state index in [1.165, 1.54) is 4.52 Å². The molecule has 1 saturated carbocycles. The van der Waals surface area contributed by atoms with Gasteiger partial charge >= 0.3 is 0 Å². The molecular formula is C29H33Cl2N5O3. The van der Waals surface area contributed by atoms with Crippen molar-refractivity contribution in [3.63, 3.8) is 0 Å². The third-order valence-electron chi connectivity index (χ3n) is 8.42. The molecule has 8 nitrogen and oxygen atoms in total. The molecule has 0 spiro atoms. The number of nitrogens with one attached hydrogen (secondary N) is 2. The number of carbonyl (C=O) groups is 1. The lowest BCUT2D eigenvalue weighted by Crippen LogP contribution is -2.36. The first-order valence-corrected chi connectivity index (χ1v) is 14.7. The lowest BCUT2D eigenvalue weighted by Gasteiger charge is -2.30. The van der Waals surface area contributed by atoms with E-state index in [0.29, 0.717) is 41.1 Å². The molecule has 2 aromatic rings. The van der Waals surface area contributed by atoms with Crippen LogP contribution in [0.3, 0.4) is 0 Å². The molecule has 1 fully saturated rings. The molecule has 4 aliphatic carbocycles. The van der Waals surface area contributed by atoms with Gasteiger partial charge in [0, 0.05) is 17.5 Å². The van der Waals surface area contributed by atoms with Crippen molar-refractivity contribution in [2.45, 2.75) is 77.2 Å². The van der Waals surface area contributed by atoms with E-state index < -0.39 is 5.56 Å². The smallest absolute Gasteiger partial charge is 0.294 e. The molecule has 0 radical (unpaired) electrons. The minimum atomic E-state index is -0.449. The third-order valence-corrected chi connectivity index (χ3v) is 9.23. The minimum absolute atomic E-state index is 0.00166. The Balaban J connectivity index is 1.14. The van der Waals surface area contributed by atoms with Crippen molar-refractivity contribution in [1.29, 1.82) is 0 Å². The predicted molar refractivity (Wildman–Crippen MR) is 151 cm³/mol. The summed E-state index contributed by atoms with van der Waals surface area (Å²) in [6, 6.07) is 0. The SMILES string of the molecule is O=C(NCC1(C2CCCC=C2Cl)CC1)C1=CCCC=C1OCc1[nH]c2nc(C3=CCCCC3)nn2c(=O)c1Cl. The third kappa shape index (κ3) is 5.33. The molecule has 1 amide bonds. The molecule has 6 rings (SSSR count). The number of hydrogen-bond donors (Lipinski definition) is 2. The fourth-order valence-corrected chi connectivity index (χ4v) is 6.60. The summed E-state index contributed by atoms with van der Waals surface area (Å²) in [4.78, 5) is 33.8. The highest BCUT2D eigenvalue weighted by molar-refractivity contribution is 6.31. The number of allylic oxidation sites excluding steroid dienone is 6. The first-order valence-electron chi connectivity index (χ1n) is 14.0. The molecule has 0 bridgehead atoms. The number of H-pyrrole nitrogens is 1. The predicted octanol–water partition coefficient (Wildman–Crippen LogP) is 5.97. The number of fused-ring (bicyclic) bond motifs is 1. The van der Waals surface area contributed by atoms with Crippen molar-refractivity contribution in [1.82, 2.24) is 24.9 Å². The van der Waals surface area contributed by atoms with Gasteiger partial charge in [-0.1, -0.05) is 41.4 Å². The number of ether oxygens (including phenoxy) is 1. The van der Waals surface area contributed by atoms with E-state index in [1.807, 2.05) is 12.2 Å². The Morgan fingerprint density at radius 1 is 1.10 bits per heavy atom. The number of nitrogens with zero attached hydrogens (tertiary/aromatic N) is 3. The fraction of sp³-hybridized carbons (Fsp3) is 0.517. The second kappa shape index (κ2) is 11.0. The van der Waals surface area contributed by atoms with Crippen molar-refractivity contribution >= 4 is 40.5 Å². The van der Waals surface area contributed by atoms with Gasteiger partial charge in [-0.2, -0.15) is 9.50 Å². The second-order valence-electron chi connectivity index (χ2n) is 11.0. The molecule has 2 heterocycles. The average molecular weight is 571 g/mol. The zero-order chi connectivity index (χ0) is 27.0. The van der Waals surface area contributed by atoms with Crippen LogP contribution in [-0.4, -0.2) is 32.0 Å². The highest BCUT2D eigenvalue weighted by atomic mass is 35.5. The Labute approximate surface area is 237 Å². The molecule has 0 aromatic carbocycles. The standard InChI is InChI=1S/C29H33Cl2N5O3/c30-21-12-6-5-11-20(21)29(14-15-29)17-32-26(37)19-10-4-7-13-23(19)39-16-22-24(31)27(38)36-28(33-22)34-25(35-36)18-8-2-1-3-9-18/h8,10,12-13,20H,1-7,9,11,14-17H2,(H,32,37)(H,33,34,35). The number of amides is 1. The average Bonchev–Trinajstić information content (AvgIpc) is 3.63. The second-order valence-corrected chi connectivity index (χ2v) is 11.9. The fourth-order valence-electron chi connectivity index (χ4n) is 5.97. The van der Waals surface area contributed by atoms with Crippen molar-refractivity contribution < 1.29 is 9.53 Å². The van der Waals surface area contributed by atoms with E-state index in [9.17, 15) is 9.59 Å². The van der Waals surface area contributed by atoms with Gasteiger partial charge in [-0.25, -0.2) is 0 Å². The summed E-state index contributed by atoms with van der Waals surface area (Å²) >= 11 is 13.0. The minimum Gasteiger partial charge on any atom is -0.487 e. The van der Waals surface area contributed by atoms with E-state index in [1.54, 1.807) is 0 Å². The van der Waals surface area contributed by atoms with Gasteiger partial charge in [0.15, 0.2) is 5.82 Å². The number of hydrogen-bond acceptors (Lipinski definition) is 5. The van der Waals surface area contributed by atoms with E-state index in [0.717, 1.165) is 81.2 Å². The van der Waals surface area contributed by atoms with Gasteiger partial charge in [0.2, 0.25) is 5.78 Å². The van der Waals surface area contributed by atoms with E-state index in [-0.39, 0.29) is 23.0 Å². The van der Waals surface area contributed by atoms with Crippen LogP contribution in [0.2, 0.25) is 5.02 Å². The maximum Gasteiger partial charge on any atom is 0.294 e. The lowest BCUT2D eigenvalue weighted by atomic mass is 9.81. The maximum atomic E-state index is 13.2. The van der Waals surface area contributed by atoms with Crippen LogP contribution in [0.15, 0.2) is 45.5 Å². The zero-order valence-electron chi connectivity index (χ0n) is 21.9. The lowest BCUT2D eigenvalue weighted by molar-refractivity contribution is -0.118. The number of aromatic nitrogens is 4. The Morgan fingerprint density at radius 2 is 1.92 bits per heavy atom. The van der Waals surface area contributed by atoms with Crippen LogP contribution in [0, 0.1) is 11.3 Å². The number of halogens is 2. The molecule has 39 heavy (non-hydrogen) atoms. The van der Waals surface area contributed by atoms with E-state index >= 15 is 0 Å². The normalized spacial score (nSPS) is 22.5. The molecule has 2 N–H and O–H groups in total. The van der Waals surface area contributed by atoms with Crippen molar-refractivity contribution in [3.8, 4) is 0 Å². The van der Waals surface area contributed by atoms with Crippen LogP contribution in [0.1, 0.15) is 82.1 Å². The van der Waals surface area contributed by atoms with Crippen LogP contribution in [0.25, 0.3) is 11.4 Å². The molecule has 2 aromatic heterocycles. The molecule has 4 aliphatic rings. The van der Waals surface area contributed by atoms with Gasteiger partial charge in [-0.15, -0.1) is 5.10 Å². The summed E-state index contributed by atoms with van der Waals surface area (Å²) in [6.45, 7) is 0.602. The zero-order valence-corrected chi connectivity index (χ0v) is 23.4. The van der Waals surface area contributed by atoms with Crippen LogP contribution in [-0.2, 0) is 16.1 Å². The molecule has 0 saturated heterocycles. The first-order chi connectivity index (χ1) is 18.9. The molecular weight excluding hydrogens is 537 g/mol. The summed E-state index contributed by atoms with van der Waals surface area (Å²) < 4.78 is 7.28. The Hall–Kier alpha value is -2.84. The van der Waals surface area contributed by atoms with Gasteiger partial charge in [0.25, 0.3) is 11.5 Å². The molecule has 1 unspecified atom stereocenters. The Morgan fingerprint density at radius 3 is 2.69 bits per heavy atom. The highest BCUT2D eigenvalue weighted by Gasteiger charge is 2.50. The summed E-state index contributed by atoms with van der Waals surface area (Å²) in [6.07, 6.45) is 19.2. The summed E-state index contributed by atoms with van der Waals surface area (Å²) in [5.41, 5.74) is 1.57. The van der Waals surface area contributed by atoms with Crippen molar-refractivity contribution in [3.05, 3.63) is 67.6 Å². The quantitative estimate of drug-likeness (QED) is 0.408. The largest absolute Gasteiger partial charge is 0.487 e. The number of aromatic amines is 1. The first kappa shape index (κ1) is 26.4. The van der Waals surface area contributed by atoms with Crippen LogP contribution < -0.4 is 10.9 Å². The molecule has 10 heteroatoms. The molecule has 1 atom stereocenters. The van der Waals surface area contributed by atoms with Gasteiger partial charge in [-0.3, -0.25) is 9.59 Å². The topological polar surface area (TPSA) is 101 Å². The van der Waals surface area contributed by atoms with E-state index in [2.05, 4.69) is 32.5 Å². The van der Waals surface area contributed by atoms with Crippen molar-refractivity contribution in [2.75, 3.05) is 6.54 Å². The highest BCUT2D eigenvalue weighted by Crippen LogP contribution is 2.57. The van der Waals surface area contributed by atoms with Crippen LogP contribution >= 0.6 is 23.2 Å². The molecule has 206 valence electrons. The maximum absolute atomic E-state index is 13.2. The van der Waals surface area contributed by atoms with Crippen LogP contribution in [0.5, 0.6) is 0 Å². The van der Waals surface area contributed by atoms with E-state index in [4.69, 9.17) is 27.9 Å². The van der Waals surface area contributed by atoms with Gasteiger partial charge in [0.05, 0.1) is 11.3 Å². The monoisotopic (exact) mass is 569 g/mol.